The number of hydrogen-bond acceptors (Lipinski definition) is 4. The molecule has 6 heteroatoms. The second-order valence-corrected chi connectivity index (χ2v) is 10.2. The van der Waals surface area contributed by atoms with Gasteiger partial charge in [-0.05, 0) is 56.0 Å². The fourth-order valence-corrected chi connectivity index (χ4v) is 6.95. The molecule has 3 aliphatic heterocycles. The van der Waals surface area contributed by atoms with E-state index in [-0.39, 0.29) is 18.1 Å². The first-order chi connectivity index (χ1) is 14.7. The van der Waals surface area contributed by atoms with E-state index in [0.29, 0.717) is 23.9 Å². The molecule has 1 saturated carbocycles. The molecule has 0 radical (unpaired) electrons. The summed E-state index contributed by atoms with van der Waals surface area (Å²) in [6, 6.07) is 3.02. The molecule has 4 fully saturated rings. The van der Waals surface area contributed by atoms with Crippen LogP contribution in [0.5, 0.6) is 0 Å². The van der Waals surface area contributed by atoms with Crippen molar-refractivity contribution in [3.05, 3.63) is 28.9 Å². The summed E-state index contributed by atoms with van der Waals surface area (Å²) in [6.45, 7) is 3.11. The highest BCUT2D eigenvalue weighted by atomic mass is 16.2. The Hall–Kier alpha value is -1.69. The van der Waals surface area contributed by atoms with Crippen LogP contribution < -0.4 is 5.69 Å². The van der Waals surface area contributed by atoms with Crippen LogP contribution in [0.4, 0.5) is 0 Å². The van der Waals surface area contributed by atoms with E-state index in [1.54, 1.807) is 12.3 Å². The van der Waals surface area contributed by atoms with Gasteiger partial charge in [-0.25, -0.2) is 9.78 Å². The van der Waals surface area contributed by atoms with Gasteiger partial charge < -0.3 is 4.90 Å². The molecule has 0 unspecified atom stereocenters. The van der Waals surface area contributed by atoms with Crippen LogP contribution in [0.3, 0.4) is 0 Å². The lowest BCUT2D eigenvalue weighted by Gasteiger charge is -2.57. The Morgan fingerprint density at radius 3 is 2.67 bits per heavy atom. The molecule has 6 nitrogen and oxygen atoms in total. The van der Waals surface area contributed by atoms with E-state index < -0.39 is 0 Å². The quantitative estimate of drug-likeness (QED) is 0.763. The fraction of sp³-hybridized carbons (Fsp3) is 0.792. The molecular formula is C24H36N4O2. The number of hydrogen-bond donors (Lipinski definition) is 0. The average Bonchev–Trinajstić information content (AvgIpc) is 2.79. The van der Waals surface area contributed by atoms with Crippen molar-refractivity contribution in [2.75, 3.05) is 19.6 Å². The first-order valence-corrected chi connectivity index (χ1v) is 12.2. The molecule has 5 rings (SSSR count). The molecule has 2 bridgehead atoms. The Morgan fingerprint density at radius 2 is 1.83 bits per heavy atom. The molecule has 0 aromatic carbocycles. The van der Waals surface area contributed by atoms with Gasteiger partial charge in [0.25, 0.3) is 0 Å². The summed E-state index contributed by atoms with van der Waals surface area (Å²) in [5, 5.41) is 0. The number of carbonyl (C=O) groups excluding carboxylic acids is 1. The number of amides is 1. The minimum absolute atomic E-state index is 0.0838. The van der Waals surface area contributed by atoms with E-state index in [9.17, 15) is 9.59 Å². The van der Waals surface area contributed by atoms with Crippen LogP contribution in [0.1, 0.15) is 64.2 Å². The molecule has 164 valence electrons. The minimum Gasteiger partial charge on any atom is -0.340 e. The van der Waals surface area contributed by atoms with Crippen LogP contribution in [-0.4, -0.2) is 57.0 Å². The monoisotopic (exact) mass is 412 g/mol. The van der Waals surface area contributed by atoms with E-state index in [2.05, 4.69) is 14.8 Å². The standard InChI is InChI=1S/C24H36N4O2/c29-23(17-26-11-6-10-25-24(26)30)27-15-19-14-20(16-27)22(13-18-7-2-1-3-8-18)28-12-5-4-9-21(19)28/h6,10-11,18-22H,1-5,7-9,12-17H2/t19-,20+,21+,22+/m1/s1. The Labute approximate surface area is 179 Å². The zero-order valence-corrected chi connectivity index (χ0v) is 18.1. The number of nitrogens with zero attached hydrogens (tertiary/aromatic N) is 4. The molecule has 1 aromatic rings. The zero-order chi connectivity index (χ0) is 20.5. The van der Waals surface area contributed by atoms with Crippen molar-refractivity contribution in [2.24, 2.45) is 17.8 Å². The van der Waals surface area contributed by atoms with Crippen LogP contribution in [0.25, 0.3) is 0 Å². The van der Waals surface area contributed by atoms with Gasteiger partial charge in [0.15, 0.2) is 0 Å². The molecular weight excluding hydrogens is 376 g/mol. The predicted molar refractivity (Wildman–Crippen MR) is 116 cm³/mol. The molecule has 4 heterocycles. The molecule has 3 saturated heterocycles. The summed E-state index contributed by atoms with van der Waals surface area (Å²) in [5.74, 6) is 2.15. The summed E-state index contributed by atoms with van der Waals surface area (Å²) in [6.07, 6.45) is 16.8. The summed E-state index contributed by atoms with van der Waals surface area (Å²) in [5.41, 5.74) is -0.336. The summed E-state index contributed by atoms with van der Waals surface area (Å²) < 4.78 is 1.44. The predicted octanol–water partition coefficient (Wildman–Crippen LogP) is 2.92. The van der Waals surface area contributed by atoms with Gasteiger partial charge in [-0.15, -0.1) is 0 Å². The van der Waals surface area contributed by atoms with Gasteiger partial charge in [0, 0.05) is 37.6 Å². The highest BCUT2D eigenvalue weighted by molar-refractivity contribution is 5.76. The fourth-order valence-electron chi connectivity index (χ4n) is 6.95. The smallest absolute Gasteiger partial charge is 0.340 e. The summed E-state index contributed by atoms with van der Waals surface area (Å²) in [4.78, 5) is 33.9. The number of fused-ring (bicyclic) bond motifs is 4. The maximum absolute atomic E-state index is 13.1. The molecule has 0 N–H and O–H groups in total. The number of aromatic nitrogens is 2. The van der Waals surface area contributed by atoms with Crippen molar-refractivity contribution >= 4 is 5.91 Å². The lowest BCUT2D eigenvalue weighted by molar-refractivity contribution is -0.142. The first-order valence-electron chi connectivity index (χ1n) is 12.2. The highest BCUT2D eigenvalue weighted by Crippen LogP contribution is 2.44. The maximum atomic E-state index is 13.1. The molecule has 1 aromatic heterocycles. The highest BCUT2D eigenvalue weighted by Gasteiger charge is 2.48. The third-order valence-electron chi connectivity index (χ3n) is 8.36. The average molecular weight is 413 g/mol. The minimum atomic E-state index is -0.336. The topological polar surface area (TPSA) is 58.4 Å². The van der Waals surface area contributed by atoms with Crippen LogP contribution in [-0.2, 0) is 11.3 Å². The van der Waals surface area contributed by atoms with Crippen LogP contribution in [0.2, 0.25) is 0 Å². The normalized spacial score (nSPS) is 32.6. The summed E-state index contributed by atoms with van der Waals surface area (Å²) >= 11 is 0. The SMILES string of the molecule is O=C(Cn1cccnc1=O)N1C[C@H]2C[C@@H](C1)[C@H](CC1CCCCC1)N1CCCC[C@@H]21. The van der Waals surface area contributed by atoms with Gasteiger partial charge in [0.1, 0.15) is 6.54 Å². The van der Waals surface area contributed by atoms with Gasteiger partial charge in [-0.1, -0.05) is 38.5 Å². The lowest BCUT2D eigenvalue weighted by Crippen LogP contribution is -2.64. The first kappa shape index (κ1) is 20.2. The second-order valence-electron chi connectivity index (χ2n) is 10.2. The molecule has 4 aliphatic rings. The Kier molecular flexibility index (Phi) is 5.94. The van der Waals surface area contributed by atoms with Crippen LogP contribution >= 0.6 is 0 Å². The van der Waals surface area contributed by atoms with Crippen molar-refractivity contribution in [3.8, 4) is 0 Å². The van der Waals surface area contributed by atoms with Crippen LogP contribution in [0.15, 0.2) is 23.3 Å². The number of piperidine rings is 3. The van der Waals surface area contributed by atoms with Crippen LogP contribution in [0, 0.1) is 17.8 Å². The molecule has 30 heavy (non-hydrogen) atoms. The third kappa shape index (κ3) is 4.08. The van der Waals surface area contributed by atoms with E-state index in [4.69, 9.17) is 0 Å². The van der Waals surface area contributed by atoms with Gasteiger partial charge >= 0.3 is 5.69 Å². The van der Waals surface area contributed by atoms with E-state index >= 15 is 0 Å². The van der Waals surface area contributed by atoms with Gasteiger partial charge in [0.2, 0.25) is 5.91 Å². The Balaban J connectivity index is 1.32. The molecule has 4 atom stereocenters. The number of carbonyl (C=O) groups is 1. The van der Waals surface area contributed by atoms with Gasteiger partial charge in [-0.2, -0.15) is 0 Å². The van der Waals surface area contributed by atoms with E-state index in [0.717, 1.165) is 19.0 Å². The zero-order valence-electron chi connectivity index (χ0n) is 18.1. The third-order valence-corrected chi connectivity index (χ3v) is 8.36. The second kappa shape index (κ2) is 8.81. The van der Waals surface area contributed by atoms with Crippen molar-refractivity contribution < 1.29 is 4.79 Å². The van der Waals surface area contributed by atoms with E-state index in [1.165, 1.54) is 81.5 Å². The maximum Gasteiger partial charge on any atom is 0.347 e. The molecule has 1 aliphatic carbocycles. The number of likely N-dealkylation sites (tertiary alicyclic amines) is 1. The van der Waals surface area contributed by atoms with Gasteiger partial charge in [-0.3, -0.25) is 14.3 Å². The largest absolute Gasteiger partial charge is 0.347 e. The van der Waals surface area contributed by atoms with Crippen molar-refractivity contribution in [1.29, 1.82) is 0 Å². The van der Waals surface area contributed by atoms with E-state index in [1.807, 2.05) is 0 Å². The molecule has 1 amide bonds. The Morgan fingerprint density at radius 1 is 1.03 bits per heavy atom. The van der Waals surface area contributed by atoms with Crippen molar-refractivity contribution in [3.63, 3.8) is 0 Å². The molecule has 0 spiro atoms. The Bertz CT molecular complexity index is 802. The van der Waals surface area contributed by atoms with Gasteiger partial charge in [0.05, 0.1) is 0 Å². The summed E-state index contributed by atoms with van der Waals surface area (Å²) in [7, 11) is 0. The van der Waals surface area contributed by atoms with Crippen molar-refractivity contribution in [2.45, 2.75) is 82.8 Å². The lowest BCUT2D eigenvalue weighted by atomic mass is 9.69. The van der Waals surface area contributed by atoms with Crippen molar-refractivity contribution in [1.82, 2.24) is 19.4 Å². The number of rotatable bonds is 4.